The number of rotatable bonds is 3. The highest BCUT2D eigenvalue weighted by molar-refractivity contribution is 8.00. The maximum absolute atomic E-state index is 8.55. The van der Waals surface area contributed by atoms with Gasteiger partial charge in [0, 0.05) is 11.8 Å². The molecular formula is C8H7N5OS2. The van der Waals surface area contributed by atoms with Crippen LogP contribution in [0, 0.1) is 0 Å². The van der Waals surface area contributed by atoms with E-state index < -0.39 is 0 Å². The molecule has 2 heterocycles. The van der Waals surface area contributed by atoms with Crippen LogP contribution in [0.3, 0.4) is 0 Å². The minimum absolute atomic E-state index is 0.0570. The van der Waals surface area contributed by atoms with Gasteiger partial charge < -0.3 is 10.9 Å². The molecule has 0 aliphatic rings. The number of hydrogen-bond acceptors (Lipinski definition) is 7. The number of amidine groups is 1. The molecule has 0 aliphatic heterocycles. The molecule has 0 aromatic carbocycles. The van der Waals surface area contributed by atoms with E-state index in [9.17, 15) is 0 Å². The van der Waals surface area contributed by atoms with E-state index in [-0.39, 0.29) is 5.84 Å². The van der Waals surface area contributed by atoms with Gasteiger partial charge in [0.05, 0.1) is 0 Å². The van der Waals surface area contributed by atoms with Gasteiger partial charge in [-0.1, -0.05) is 16.5 Å². The Morgan fingerprint density at radius 3 is 3.12 bits per heavy atom. The van der Waals surface area contributed by atoms with E-state index in [2.05, 4.69) is 20.3 Å². The lowest BCUT2D eigenvalue weighted by Gasteiger charge is -2.00. The molecule has 16 heavy (non-hydrogen) atoms. The first-order valence-corrected chi connectivity index (χ1v) is 5.87. The van der Waals surface area contributed by atoms with Crippen LogP contribution in [-0.4, -0.2) is 26.2 Å². The largest absolute Gasteiger partial charge is 0.409 e. The van der Waals surface area contributed by atoms with Gasteiger partial charge in [-0.15, -0.1) is 10.2 Å². The van der Waals surface area contributed by atoms with Gasteiger partial charge in [-0.2, -0.15) is 0 Å². The average Bonchev–Trinajstić information content (AvgIpc) is 2.81. The van der Waals surface area contributed by atoms with Crippen LogP contribution in [0.15, 0.2) is 38.4 Å². The quantitative estimate of drug-likeness (QED) is 0.369. The molecule has 2 aromatic rings. The van der Waals surface area contributed by atoms with Crippen LogP contribution >= 0.6 is 23.1 Å². The van der Waals surface area contributed by atoms with Gasteiger partial charge in [0.15, 0.2) is 10.2 Å². The summed E-state index contributed by atoms with van der Waals surface area (Å²) in [4.78, 5) is 4.14. The Morgan fingerprint density at radius 2 is 2.44 bits per heavy atom. The summed E-state index contributed by atoms with van der Waals surface area (Å²) < 4.78 is 0.796. The minimum atomic E-state index is 0.0570. The number of nitrogens with two attached hydrogens (primary N) is 1. The van der Waals surface area contributed by atoms with Crippen molar-refractivity contribution in [1.29, 1.82) is 0 Å². The molecule has 0 aliphatic carbocycles. The predicted molar refractivity (Wildman–Crippen MR) is 60.8 cm³/mol. The first-order chi connectivity index (χ1) is 7.79. The Labute approximate surface area is 99.2 Å². The van der Waals surface area contributed by atoms with Crippen LogP contribution < -0.4 is 5.73 Å². The van der Waals surface area contributed by atoms with Crippen LogP contribution in [-0.2, 0) is 0 Å². The summed E-state index contributed by atoms with van der Waals surface area (Å²) in [5, 5.41) is 19.8. The standard InChI is InChI=1S/C8H7N5OS2/c9-7(13-14)5-1-2-10-6(3-5)16-8-12-11-4-15-8/h1-4,14H,(H2,9,13). The molecule has 0 atom stereocenters. The summed E-state index contributed by atoms with van der Waals surface area (Å²) in [6.07, 6.45) is 1.59. The Kier molecular flexibility index (Phi) is 3.32. The molecule has 8 heteroatoms. The monoisotopic (exact) mass is 253 g/mol. The van der Waals surface area contributed by atoms with Crippen molar-refractivity contribution in [3.63, 3.8) is 0 Å². The van der Waals surface area contributed by atoms with Crippen molar-refractivity contribution in [3.05, 3.63) is 29.4 Å². The molecule has 0 bridgehead atoms. The van der Waals surface area contributed by atoms with Crippen molar-refractivity contribution in [2.24, 2.45) is 10.9 Å². The fourth-order valence-corrected chi connectivity index (χ4v) is 2.40. The molecule has 2 aromatic heterocycles. The summed E-state index contributed by atoms with van der Waals surface area (Å²) in [7, 11) is 0. The highest BCUT2D eigenvalue weighted by Crippen LogP contribution is 2.26. The molecule has 82 valence electrons. The topological polar surface area (TPSA) is 97.3 Å². The van der Waals surface area contributed by atoms with Gasteiger partial charge in [0.25, 0.3) is 0 Å². The molecule has 6 nitrogen and oxygen atoms in total. The lowest BCUT2D eigenvalue weighted by molar-refractivity contribution is 0.318. The van der Waals surface area contributed by atoms with Crippen molar-refractivity contribution < 1.29 is 5.21 Å². The van der Waals surface area contributed by atoms with Crippen LogP contribution in [0.2, 0.25) is 0 Å². The summed E-state index contributed by atoms with van der Waals surface area (Å²) >= 11 is 2.81. The third-order valence-electron chi connectivity index (χ3n) is 1.67. The highest BCUT2D eigenvalue weighted by Gasteiger charge is 2.05. The molecule has 0 spiro atoms. The van der Waals surface area contributed by atoms with Crippen LogP contribution in [0.25, 0.3) is 0 Å². The zero-order valence-electron chi connectivity index (χ0n) is 7.94. The van der Waals surface area contributed by atoms with Gasteiger partial charge in [-0.3, -0.25) is 0 Å². The number of nitrogens with zero attached hydrogens (tertiary/aromatic N) is 4. The Balaban J connectivity index is 2.23. The zero-order valence-corrected chi connectivity index (χ0v) is 9.57. The molecule has 0 amide bonds. The van der Waals surface area contributed by atoms with Crippen molar-refractivity contribution >= 4 is 28.9 Å². The third-order valence-corrected chi connectivity index (χ3v) is 3.38. The second-order valence-corrected chi connectivity index (χ2v) is 4.78. The number of aromatic nitrogens is 3. The highest BCUT2D eigenvalue weighted by atomic mass is 32.2. The average molecular weight is 253 g/mol. The van der Waals surface area contributed by atoms with Gasteiger partial charge in [0.1, 0.15) is 10.5 Å². The van der Waals surface area contributed by atoms with Gasteiger partial charge in [-0.05, 0) is 23.9 Å². The summed E-state index contributed by atoms with van der Waals surface area (Å²) in [5.74, 6) is 0.0570. The number of hydrogen-bond donors (Lipinski definition) is 2. The molecule has 3 N–H and O–H groups in total. The van der Waals surface area contributed by atoms with Crippen molar-refractivity contribution in [3.8, 4) is 0 Å². The van der Waals surface area contributed by atoms with Crippen molar-refractivity contribution in [2.45, 2.75) is 9.37 Å². The second kappa shape index (κ2) is 4.90. The third kappa shape index (κ3) is 2.47. The molecule has 0 radical (unpaired) electrons. The Bertz CT molecular complexity index is 499. The van der Waals surface area contributed by atoms with E-state index in [0.29, 0.717) is 5.56 Å². The van der Waals surface area contributed by atoms with E-state index in [1.54, 1.807) is 23.8 Å². The first-order valence-electron chi connectivity index (χ1n) is 4.17. The normalized spacial score (nSPS) is 11.6. The minimum Gasteiger partial charge on any atom is -0.409 e. The summed E-state index contributed by atoms with van der Waals surface area (Å²) in [6, 6.07) is 3.39. The SMILES string of the molecule is N/C(=N\O)c1ccnc(Sc2nncs2)c1. The molecule has 0 saturated carbocycles. The smallest absolute Gasteiger partial charge is 0.180 e. The summed E-state index contributed by atoms with van der Waals surface area (Å²) in [5.41, 5.74) is 7.74. The van der Waals surface area contributed by atoms with Crippen LogP contribution in [0.4, 0.5) is 0 Å². The van der Waals surface area contributed by atoms with E-state index in [4.69, 9.17) is 10.9 Å². The maximum atomic E-state index is 8.55. The zero-order chi connectivity index (χ0) is 11.4. The van der Waals surface area contributed by atoms with Crippen molar-refractivity contribution in [2.75, 3.05) is 0 Å². The second-order valence-electron chi connectivity index (χ2n) is 2.67. The lowest BCUT2D eigenvalue weighted by Crippen LogP contribution is -2.13. The van der Waals surface area contributed by atoms with E-state index in [1.807, 2.05) is 0 Å². The molecule has 0 unspecified atom stereocenters. The van der Waals surface area contributed by atoms with Crippen LogP contribution in [0.1, 0.15) is 5.56 Å². The fraction of sp³-hybridized carbons (Fsp3) is 0. The van der Waals surface area contributed by atoms with Gasteiger partial charge in [-0.25, -0.2) is 4.98 Å². The van der Waals surface area contributed by atoms with E-state index in [0.717, 1.165) is 9.37 Å². The van der Waals surface area contributed by atoms with Crippen molar-refractivity contribution in [1.82, 2.24) is 15.2 Å². The van der Waals surface area contributed by atoms with E-state index >= 15 is 0 Å². The summed E-state index contributed by atoms with van der Waals surface area (Å²) in [6.45, 7) is 0. The Hall–Kier alpha value is -1.67. The first kappa shape index (κ1) is 10.8. The molecule has 0 fully saturated rings. The van der Waals surface area contributed by atoms with Gasteiger partial charge >= 0.3 is 0 Å². The Morgan fingerprint density at radius 1 is 1.56 bits per heavy atom. The lowest BCUT2D eigenvalue weighted by atomic mass is 10.2. The number of pyridine rings is 1. The predicted octanol–water partition coefficient (Wildman–Crippen LogP) is 1.18. The maximum Gasteiger partial charge on any atom is 0.180 e. The van der Waals surface area contributed by atoms with E-state index in [1.165, 1.54) is 23.1 Å². The van der Waals surface area contributed by atoms with Crippen LogP contribution in [0.5, 0.6) is 0 Å². The molecular weight excluding hydrogens is 246 g/mol. The fourth-order valence-electron chi connectivity index (χ4n) is 0.979. The molecule has 2 rings (SSSR count). The van der Waals surface area contributed by atoms with Gasteiger partial charge in [0.2, 0.25) is 0 Å². The molecule has 0 saturated heterocycles. The number of oxime groups is 1.